The van der Waals surface area contributed by atoms with E-state index in [0.717, 1.165) is 10.3 Å². The molecule has 0 saturated heterocycles. The van der Waals surface area contributed by atoms with Crippen molar-refractivity contribution in [3.63, 3.8) is 0 Å². The van der Waals surface area contributed by atoms with Gasteiger partial charge in [-0.05, 0) is 87.6 Å². The molecule has 43 heavy (non-hydrogen) atoms. The van der Waals surface area contributed by atoms with Gasteiger partial charge in [-0.2, -0.15) is 9.41 Å². The quantitative estimate of drug-likeness (QED) is 0.175. The van der Waals surface area contributed by atoms with Crippen LogP contribution in [-0.2, 0) is 6.42 Å². The molecule has 0 aliphatic heterocycles. The van der Waals surface area contributed by atoms with Crippen LogP contribution >= 0.6 is 11.6 Å². The van der Waals surface area contributed by atoms with Gasteiger partial charge in [0.05, 0.1) is 11.6 Å². The van der Waals surface area contributed by atoms with Gasteiger partial charge in [0.25, 0.3) is 0 Å². The van der Waals surface area contributed by atoms with E-state index in [1.807, 2.05) is 42.5 Å². The molecule has 0 radical (unpaired) electrons. The van der Waals surface area contributed by atoms with Crippen LogP contribution in [0.3, 0.4) is 0 Å². The largest absolute Gasteiger partial charge is 0.618 e. The van der Waals surface area contributed by atoms with E-state index in [2.05, 4.69) is 15.5 Å². The summed E-state index contributed by atoms with van der Waals surface area (Å²) in [5, 5.41) is 25.6. The molecule has 6 rings (SSSR count). The molecule has 4 aromatic carbocycles. The third-order valence-corrected chi connectivity index (χ3v) is 7.49. The summed E-state index contributed by atoms with van der Waals surface area (Å²) in [4.78, 5) is 11.8. The molecule has 0 aliphatic rings. The molecule has 0 spiro atoms. The summed E-state index contributed by atoms with van der Waals surface area (Å²) in [5.41, 5.74) is 10.9. The van der Waals surface area contributed by atoms with E-state index in [-0.39, 0.29) is 0 Å². The highest BCUT2D eigenvalue weighted by Crippen LogP contribution is 2.34. The predicted octanol–water partition coefficient (Wildman–Crippen LogP) is 5.90. The van der Waals surface area contributed by atoms with Crippen LogP contribution in [0, 0.1) is 11.0 Å². The number of carbonyl (C=O) groups excluding carboxylic acids is 1. The number of tetrazole rings is 1. The van der Waals surface area contributed by atoms with Crippen LogP contribution in [0.15, 0.2) is 116 Å². The topological polar surface area (TPSA) is 114 Å². The first-order valence-corrected chi connectivity index (χ1v) is 13.7. The van der Waals surface area contributed by atoms with E-state index in [1.54, 1.807) is 48.5 Å². The number of aromatic nitrogens is 5. The van der Waals surface area contributed by atoms with E-state index < -0.39 is 17.6 Å². The van der Waals surface area contributed by atoms with Crippen molar-refractivity contribution in [2.45, 2.75) is 12.3 Å². The number of hydrogen-bond acceptors (Lipinski definition) is 5. The second kappa shape index (κ2) is 11.8. The maximum atomic E-state index is 15.2. The Morgan fingerprint density at radius 1 is 0.930 bits per heavy atom. The molecular formula is C33H24ClFN6O2. The van der Waals surface area contributed by atoms with Crippen LogP contribution in [0.25, 0.3) is 27.9 Å². The van der Waals surface area contributed by atoms with Gasteiger partial charge in [0.1, 0.15) is 12.1 Å². The molecule has 2 aromatic heterocycles. The van der Waals surface area contributed by atoms with Crippen LogP contribution in [0.5, 0.6) is 0 Å². The Kier molecular flexibility index (Phi) is 7.63. The lowest BCUT2D eigenvalue weighted by atomic mass is 9.86. The zero-order valence-electron chi connectivity index (χ0n) is 22.6. The van der Waals surface area contributed by atoms with Gasteiger partial charge in [-0.1, -0.05) is 60.1 Å². The Hall–Kier alpha value is -5.41. The Labute approximate surface area is 251 Å². The molecule has 6 aromatic rings. The minimum Gasteiger partial charge on any atom is -0.618 e. The number of nitrogens with zero attached hydrogens (tertiary/aromatic N) is 5. The van der Waals surface area contributed by atoms with Gasteiger partial charge in [0.2, 0.25) is 11.6 Å². The van der Waals surface area contributed by atoms with Crippen molar-refractivity contribution in [3.8, 4) is 27.9 Å². The molecule has 2 heterocycles. The molecule has 212 valence electrons. The normalized spacial score (nSPS) is 11.8. The fraction of sp³-hybridized carbons (Fsp3) is 0.0606. The van der Waals surface area contributed by atoms with Crippen molar-refractivity contribution >= 4 is 17.5 Å². The van der Waals surface area contributed by atoms with E-state index in [1.165, 1.54) is 29.3 Å². The molecule has 0 saturated carbocycles. The number of pyridine rings is 1. The average Bonchev–Trinajstić information content (AvgIpc) is 3.55. The second-order valence-electron chi connectivity index (χ2n) is 10.0. The summed E-state index contributed by atoms with van der Waals surface area (Å²) in [6.07, 6.45) is 3.38. The molecule has 0 unspecified atom stereocenters. The first kappa shape index (κ1) is 27.7. The zero-order valence-corrected chi connectivity index (χ0v) is 23.4. The monoisotopic (exact) mass is 590 g/mol. The number of nitrogens with two attached hydrogens (primary N) is 1. The van der Waals surface area contributed by atoms with Gasteiger partial charge in [-0.15, -0.1) is 5.10 Å². The number of hydrogen-bond donors (Lipinski definition) is 1. The molecule has 1 amide bonds. The first-order valence-electron chi connectivity index (χ1n) is 13.4. The van der Waals surface area contributed by atoms with Crippen LogP contribution in [0.4, 0.5) is 4.39 Å². The zero-order chi connectivity index (χ0) is 29.9. The number of amides is 1. The maximum Gasteiger partial charge on any atom is 0.248 e. The van der Waals surface area contributed by atoms with Crippen molar-refractivity contribution in [2.24, 2.45) is 5.73 Å². The fourth-order valence-corrected chi connectivity index (χ4v) is 5.38. The van der Waals surface area contributed by atoms with Gasteiger partial charge >= 0.3 is 0 Å². The SMILES string of the molecule is NC(=O)c1cccc(-c2cc(F)cc([C@H](Cc3ccccc3)c3ccc(-c4cc(Cl)ccc4-n4cnnn4)c[n+]3[O-])c2)c1. The van der Waals surface area contributed by atoms with Gasteiger partial charge in [0, 0.05) is 27.8 Å². The molecular weight excluding hydrogens is 567 g/mol. The Morgan fingerprint density at radius 2 is 1.77 bits per heavy atom. The number of carbonyl (C=O) groups is 1. The fourth-order valence-electron chi connectivity index (χ4n) is 5.21. The summed E-state index contributed by atoms with van der Waals surface area (Å²) in [6.45, 7) is 0. The van der Waals surface area contributed by atoms with Crippen LogP contribution < -0.4 is 10.5 Å². The number of benzene rings is 4. The standard InChI is InChI=1S/C33H24ClFN6O2/c34-27-10-12-31(40-20-37-38-39-40)30(18-27)24-9-11-32(41(43)19-24)29(13-21-5-2-1-3-6-21)26-15-25(16-28(35)17-26)22-7-4-8-23(14-22)33(36)42/h1-12,14-20,29H,13H2,(H2,36,42)/t29-/m0/s1. The summed E-state index contributed by atoms with van der Waals surface area (Å²) < 4.78 is 17.5. The molecule has 1 atom stereocenters. The average molecular weight is 591 g/mol. The lowest BCUT2D eigenvalue weighted by molar-refractivity contribution is -0.614. The maximum absolute atomic E-state index is 15.2. The number of rotatable bonds is 8. The molecule has 0 bridgehead atoms. The van der Waals surface area contributed by atoms with E-state index >= 15 is 4.39 Å². The van der Waals surface area contributed by atoms with E-state index in [9.17, 15) is 10.0 Å². The highest BCUT2D eigenvalue weighted by atomic mass is 35.5. The van der Waals surface area contributed by atoms with Crippen LogP contribution in [-0.4, -0.2) is 26.1 Å². The highest BCUT2D eigenvalue weighted by molar-refractivity contribution is 6.31. The van der Waals surface area contributed by atoms with Crippen molar-refractivity contribution in [1.29, 1.82) is 0 Å². The third kappa shape index (κ3) is 5.98. The van der Waals surface area contributed by atoms with Crippen molar-refractivity contribution < 1.29 is 13.9 Å². The molecule has 2 N–H and O–H groups in total. The Morgan fingerprint density at radius 3 is 2.51 bits per heavy atom. The van der Waals surface area contributed by atoms with Crippen molar-refractivity contribution in [3.05, 3.63) is 154 Å². The molecule has 0 fully saturated rings. The lowest BCUT2D eigenvalue weighted by Crippen LogP contribution is -2.34. The smallest absolute Gasteiger partial charge is 0.248 e. The highest BCUT2D eigenvalue weighted by Gasteiger charge is 2.25. The molecule has 10 heteroatoms. The summed E-state index contributed by atoms with van der Waals surface area (Å²) in [6, 6.07) is 29.9. The predicted molar refractivity (Wildman–Crippen MR) is 161 cm³/mol. The van der Waals surface area contributed by atoms with Crippen LogP contribution in [0.2, 0.25) is 5.02 Å². The Bertz CT molecular complexity index is 1930. The van der Waals surface area contributed by atoms with Gasteiger partial charge < -0.3 is 10.9 Å². The number of primary amides is 1. The summed E-state index contributed by atoms with van der Waals surface area (Å²) in [5.74, 6) is -1.54. The second-order valence-corrected chi connectivity index (χ2v) is 10.5. The summed E-state index contributed by atoms with van der Waals surface area (Å²) >= 11 is 6.32. The minimum absolute atomic E-state index is 0.319. The molecule has 8 nitrogen and oxygen atoms in total. The van der Waals surface area contributed by atoms with Gasteiger partial charge in [-0.25, -0.2) is 4.39 Å². The Balaban J connectivity index is 1.46. The van der Waals surface area contributed by atoms with Crippen LogP contribution in [0.1, 0.15) is 33.1 Å². The van der Waals surface area contributed by atoms with E-state index in [4.69, 9.17) is 17.3 Å². The van der Waals surface area contributed by atoms with Gasteiger partial charge in [0.15, 0.2) is 6.20 Å². The molecule has 0 aliphatic carbocycles. The van der Waals surface area contributed by atoms with Gasteiger partial charge in [-0.3, -0.25) is 4.79 Å². The lowest BCUT2D eigenvalue weighted by Gasteiger charge is -2.19. The third-order valence-electron chi connectivity index (χ3n) is 7.25. The number of halogens is 2. The first-order chi connectivity index (χ1) is 20.9. The van der Waals surface area contributed by atoms with Crippen molar-refractivity contribution in [2.75, 3.05) is 0 Å². The van der Waals surface area contributed by atoms with E-state index in [0.29, 0.717) is 56.2 Å². The van der Waals surface area contributed by atoms with Crippen molar-refractivity contribution in [1.82, 2.24) is 20.2 Å². The summed E-state index contributed by atoms with van der Waals surface area (Å²) in [7, 11) is 0. The minimum atomic E-state index is -0.573.